The van der Waals surface area contributed by atoms with Gasteiger partial charge in [0.15, 0.2) is 0 Å². The van der Waals surface area contributed by atoms with E-state index in [-0.39, 0.29) is 18.0 Å². The fraction of sp³-hybridized carbons (Fsp3) is 0.556. The molecule has 0 atom stereocenters. The summed E-state index contributed by atoms with van der Waals surface area (Å²) in [6.45, 7) is 5.26. The summed E-state index contributed by atoms with van der Waals surface area (Å²) >= 11 is 0. The number of amides is 1. The Labute approximate surface area is 165 Å². The molecule has 0 aliphatic carbocycles. The Morgan fingerprint density at radius 3 is 2.29 bits per heavy atom. The van der Waals surface area contributed by atoms with E-state index in [0.29, 0.717) is 6.54 Å². The quantitative estimate of drug-likeness (QED) is 0.636. The summed E-state index contributed by atoms with van der Waals surface area (Å²) in [7, 11) is 0.935. The van der Waals surface area contributed by atoms with E-state index in [4.69, 9.17) is 4.74 Å². The Balaban J connectivity index is 3.21. The van der Waals surface area contributed by atoms with E-state index in [9.17, 15) is 22.4 Å². The van der Waals surface area contributed by atoms with Crippen molar-refractivity contribution in [2.75, 3.05) is 40.8 Å². The van der Waals surface area contributed by atoms with Crippen LogP contribution in [0.25, 0.3) is 0 Å². The third-order valence-electron chi connectivity index (χ3n) is 3.59. The standard InChI is InChI=1S/C18H28FN3O5S/c1-18(2,3)27-16(23)12-22(10-9-21(5)6)17(24)14-11-13(7-8-15(14)19)28(25,26)20-4/h7-8,11,20H,9-10,12H2,1-6H3. The molecule has 10 heteroatoms. The number of carbonyl (C=O) groups excluding carboxylic acids is 2. The fourth-order valence-electron chi connectivity index (χ4n) is 2.23. The number of sulfonamides is 1. The second-order valence-corrected chi connectivity index (χ2v) is 9.35. The summed E-state index contributed by atoms with van der Waals surface area (Å²) in [6.07, 6.45) is 0. The summed E-state index contributed by atoms with van der Waals surface area (Å²) in [5.74, 6) is -2.31. The number of esters is 1. The molecule has 0 saturated heterocycles. The van der Waals surface area contributed by atoms with Gasteiger partial charge in [0.05, 0.1) is 10.5 Å². The van der Waals surface area contributed by atoms with Gasteiger partial charge >= 0.3 is 5.97 Å². The van der Waals surface area contributed by atoms with Crippen LogP contribution >= 0.6 is 0 Å². The van der Waals surface area contributed by atoms with E-state index in [1.54, 1.807) is 39.8 Å². The number of hydrogen-bond acceptors (Lipinski definition) is 6. The lowest BCUT2D eigenvalue weighted by Gasteiger charge is -2.26. The second-order valence-electron chi connectivity index (χ2n) is 7.47. The Morgan fingerprint density at radius 2 is 1.79 bits per heavy atom. The number of ether oxygens (including phenoxy) is 1. The zero-order valence-corrected chi connectivity index (χ0v) is 17.9. The Bertz CT molecular complexity index is 819. The first kappa shape index (κ1) is 24.0. The number of hydrogen-bond donors (Lipinski definition) is 1. The van der Waals surface area contributed by atoms with Crippen molar-refractivity contribution >= 4 is 21.9 Å². The summed E-state index contributed by atoms with van der Waals surface area (Å²) in [6, 6.07) is 2.94. The average Bonchev–Trinajstić information content (AvgIpc) is 2.56. The molecule has 1 rings (SSSR count). The SMILES string of the molecule is CNS(=O)(=O)c1ccc(F)c(C(=O)N(CCN(C)C)CC(=O)OC(C)(C)C)c1. The monoisotopic (exact) mass is 417 g/mol. The summed E-state index contributed by atoms with van der Waals surface area (Å²) in [5.41, 5.74) is -1.17. The van der Waals surface area contributed by atoms with Crippen molar-refractivity contribution in [3.8, 4) is 0 Å². The van der Waals surface area contributed by atoms with Crippen LogP contribution < -0.4 is 4.72 Å². The predicted molar refractivity (Wildman–Crippen MR) is 103 cm³/mol. The number of nitrogens with zero attached hydrogens (tertiary/aromatic N) is 2. The van der Waals surface area contributed by atoms with Crippen LogP contribution in [0.3, 0.4) is 0 Å². The Hall–Kier alpha value is -2.04. The van der Waals surface area contributed by atoms with Gasteiger partial charge in [0.2, 0.25) is 10.0 Å². The maximum absolute atomic E-state index is 14.3. The van der Waals surface area contributed by atoms with Crippen molar-refractivity contribution in [1.29, 1.82) is 0 Å². The van der Waals surface area contributed by atoms with Crippen molar-refractivity contribution in [2.45, 2.75) is 31.3 Å². The van der Waals surface area contributed by atoms with Gasteiger partial charge in [-0.15, -0.1) is 0 Å². The van der Waals surface area contributed by atoms with Gasteiger partial charge in [0, 0.05) is 13.1 Å². The van der Waals surface area contributed by atoms with Gasteiger partial charge in [-0.25, -0.2) is 17.5 Å². The largest absolute Gasteiger partial charge is 0.459 e. The summed E-state index contributed by atoms with van der Waals surface area (Å²) in [5, 5.41) is 0. The van der Waals surface area contributed by atoms with E-state index >= 15 is 0 Å². The van der Waals surface area contributed by atoms with Gasteiger partial charge in [0.25, 0.3) is 5.91 Å². The van der Waals surface area contributed by atoms with Crippen molar-refractivity contribution in [3.05, 3.63) is 29.6 Å². The summed E-state index contributed by atoms with van der Waals surface area (Å²) < 4.78 is 45.6. The lowest BCUT2D eigenvalue weighted by Crippen LogP contribution is -2.42. The van der Waals surface area contributed by atoms with Crippen molar-refractivity contribution < 1.29 is 27.1 Å². The van der Waals surface area contributed by atoms with Crippen LogP contribution in [-0.4, -0.2) is 76.5 Å². The molecule has 1 amide bonds. The van der Waals surface area contributed by atoms with Gasteiger partial charge in [0.1, 0.15) is 18.0 Å². The Kier molecular flexibility index (Phi) is 8.09. The van der Waals surface area contributed by atoms with Crippen molar-refractivity contribution in [1.82, 2.24) is 14.5 Å². The molecule has 0 radical (unpaired) electrons. The molecule has 0 saturated carbocycles. The van der Waals surface area contributed by atoms with E-state index < -0.39 is 38.9 Å². The molecule has 158 valence electrons. The highest BCUT2D eigenvalue weighted by molar-refractivity contribution is 7.89. The molecule has 0 aromatic heterocycles. The first-order valence-electron chi connectivity index (χ1n) is 8.66. The van der Waals surface area contributed by atoms with Crippen LogP contribution in [0.15, 0.2) is 23.1 Å². The van der Waals surface area contributed by atoms with Gasteiger partial charge in [-0.2, -0.15) is 0 Å². The molecule has 0 bridgehead atoms. The first-order chi connectivity index (χ1) is 12.8. The number of rotatable bonds is 8. The minimum atomic E-state index is -3.86. The molecule has 1 N–H and O–H groups in total. The van der Waals surface area contributed by atoms with Gasteiger partial charge < -0.3 is 14.5 Å². The van der Waals surface area contributed by atoms with Crippen molar-refractivity contribution in [3.63, 3.8) is 0 Å². The zero-order valence-electron chi connectivity index (χ0n) is 17.1. The third-order valence-corrected chi connectivity index (χ3v) is 5.00. The van der Waals surface area contributed by atoms with Crippen LogP contribution in [-0.2, 0) is 19.6 Å². The highest BCUT2D eigenvalue weighted by atomic mass is 32.2. The normalized spacial score (nSPS) is 12.1. The zero-order chi connectivity index (χ0) is 21.7. The minimum absolute atomic E-state index is 0.132. The topological polar surface area (TPSA) is 96.0 Å². The van der Waals surface area contributed by atoms with Crippen LogP contribution in [0.2, 0.25) is 0 Å². The molecule has 1 aromatic carbocycles. The van der Waals surface area contributed by atoms with Gasteiger partial charge in [-0.05, 0) is 60.1 Å². The highest BCUT2D eigenvalue weighted by Gasteiger charge is 2.26. The lowest BCUT2D eigenvalue weighted by molar-refractivity contribution is -0.155. The van der Waals surface area contributed by atoms with Gasteiger partial charge in [-0.1, -0.05) is 0 Å². The van der Waals surface area contributed by atoms with E-state index in [2.05, 4.69) is 4.72 Å². The molecule has 8 nitrogen and oxygen atoms in total. The Morgan fingerprint density at radius 1 is 1.18 bits per heavy atom. The van der Waals surface area contributed by atoms with E-state index in [1.807, 2.05) is 0 Å². The molecule has 0 spiro atoms. The van der Waals surface area contributed by atoms with Crippen LogP contribution in [0.1, 0.15) is 31.1 Å². The molecule has 28 heavy (non-hydrogen) atoms. The highest BCUT2D eigenvalue weighted by Crippen LogP contribution is 2.17. The van der Waals surface area contributed by atoms with Crippen LogP contribution in [0.4, 0.5) is 4.39 Å². The maximum atomic E-state index is 14.3. The molecule has 0 unspecified atom stereocenters. The van der Waals surface area contributed by atoms with E-state index in [0.717, 1.165) is 23.1 Å². The second kappa shape index (κ2) is 9.44. The molecular weight excluding hydrogens is 389 g/mol. The fourth-order valence-corrected chi connectivity index (χ4v) is 2.98. The smallest absolute Gasteiger partial charge is 0.326 e. The third kappa shape index (κ3) is 7.17. The molecule has 0 fully saturated rings. The number of likely N-dealkylation sites (N-methyl/N-ethyl adjacent to an activating group) is 1. The minimum Gasteiger partial charge on any atom is -0.459 e. The number of benzene rings is 1. The summed E-state index contributed by atoms with van der Waals surface area (Å²) in [4.78, 5) is 27.8. The van der Waals surface area contributed by atoms with Crippen LogP contribution in [0, 0.1) is 5.82 Å². The average molecular weight is 418 g/mol. The number of carbonyl (C=O) groups is 2. The molecule has 0 aliphatic heterocycles. The van der Waals surface area contributed by atoms with Crippen molar-refractivity contribution in [2.24, 2.45) is 0 Å². The molecule has 0 heterocycles. The van der Waals surface area contributed by atoms with E-state index in [1.165, 1.54) is 7.05 Å². The molecule has 1 aromatic rings. The number of halogens is 1. The lowest BCUT2D eigenvalue weighted by atomic mass is 10.1. The molecule has 0 aliphatic rings. The maximum Gasteiger partial charge on any atom is 0.326 e. The van der Waals surface area contributed by atoms with Gasteiger partial charge in [-0.3, -0.25) is 9.59 Å². The predicted octanol–water partition coefficient (Wildman–Crippen LogP) is 1.08. The number of nitrogens with one attached hydrogen (secondary N) is 1. The van der Waals surface area contributed by atoms with Crippen LogP contribution in [0.5, 0.6) is 0 Å². The molecular formula is C18H28FN3O5S. The first-order valence-corrected chi connectivity index (χ1v) is 10.1.